The number of sulfonamides is 1. The minimum absolute atomic E-state index is 0.0770. The van der Waals surface area contributed by atoms with Crippen LogP contribution in [0.25, 0.3) is 0 Å². The van der Waals surface area contributed by atoms with Crippen LogP contribution >= 0.6 is 11.6 Å². The van der Waals surface area contributed by atoms with E-state index in [0.717, 1.165) is 4.90 Å². The number of imide groups is 1. The number of carbonyl (C=O) groups excluding carboxylic acids is 3. The zero-order chi connectivity index (χ0) is 25.9. The Bertz CT molecular complexity index is 1480. The van der Waals surface area contributed by atoms with Gasteiger partial charge in [0.05, 0.1) is 22.8 Å². The number of benzene rings is 2. The average molecular weight is 528 g/mol. The molecule has 0 unspecified atom stereocenters. The first-order valence-corrected chi connectivity index (χ1v) is 12.3. The predicted octanol–water partition coefficient (Wildman–Crippen LogP) is 2.89. The number of carbonyl (C=O) groups is 3. The number of hydrogen-bond donors (Lipinski definition) is 2. The molecule has 0 bridgehead atoms. The van der Waals surface area contributed by atoms with Gasteiger partial charge in [0.15, 0.2) is 0 Å². The number of hydrogen-bond acceptors (Lipinski definition) is 9. The number of amides is 2. The van der Waals surface area contributed by atoms with Crippen molar-refractivity contribution in [2.45, 2.75) is 11.8 Å². The Hall–Kier alpha value is -4.29. The molecule has 11 nitrogen and oxygen atoms in total. The standard InChI is InChI=1S/C23H18ClN5O6S/c1-2-35-22(32)14-5-3-6-16(13-14)29-20(30)18(24)19(21(29)31)27-15-7-9-17(10-8-15)36(33,34)28-23-25-11-4-12-26-23/h3-13,27H,2H2,1H3,(H,25,26,28). The first-order chi connectivity index (χ1) is 17.2. The fourth-order valence-electron chi connectivity index (χ4n) is 3.22. The zero-order valence-corrected chi connectivity index (χ0v) is 20.2. The molecule has 3 aromatic rings. The van der Waals surface area contributed by atoms with Crippen LogP contribution in [0, 0.1) is 0 Å². The molecule has 0 fully saturated rings. The van der Waals surface area contributed by atoms with E-state index in [1.165, 1.54) is 60.9 Å². The number of rotatable bonds is 8. The van der Waals surface area contributed by atoms with Crippen LogP contribution < -0.4 is 14.9 Å². The monoisotopic (exact) mass is 527 g/mol. The Morgan fingerprint density at radius 2 is 1.72 bits per heavy atom. The summed E-state index contributed by atoms with van der Waals surface area (Å²) in [4.78, 5) is 46.2. The van der Waals surface area contributed by atoms with E-state index in [-0.39, 0.29) is 39.4 Å². The van der Waals surface area contributed by atoms with Gasteiger partial charge in [-0.25, -0.2) is 32.8 Å². The Morgan fingerprint density at radius 3 is 2.39 bits per heavy atom. The molecule has 2 amide bonds. The van der Waals surface area contributed by atoms with E-state index in [1.54, 1.807) is 13.0 Å². The fraction of sp³-hybridized carbons (Fsp3) is 0.0870. The predicted molar refractivity (Wildman–Crippen MR) is 131 cm³/mol. The SMILES string of the molecule is CCOC(=O)c1cccc(N2C(=O)C(Cl)=C(Nc3ccc(S(=O)(=O)Nc4ncccn4)cc3)C2=O)c1. The first-order valence-electron chi connectivity index (χ1n) is 10.4. The summed E-state index contributed by atoms with van der Waals surface area (Å²) in [6, 6.07) is 12.8. The average Bonchev–Trinajstić information content (AvgIpc) is 3.08. The van der Waals surface area contributed by atoms with E-state index >= 15 is 0 Å². The van der Waals surface area contributed by atoms with Gasteiger partial charge in [-0.3, -0.25) is 9.59 Å². The van der Waals surface area contributed by atoms with Crippen LogP contribution in [-0.4, -0.2) is 42.8 Å². The quantitative estimate of drug-likeness (QED) is 0.333. The maximum Gasteiger partial charge on any atom is 0.338 e. The zero-order valence-electron chi connectivity index (χ0n) is 18.6. The summed E-state index contributed by atoms with van der Waals surface area (Å²) in [5.41, 5.74) is 0.413. The fourth-order valence-corrected chi connectivity index (χ4v) is 4.40. The number of ether oxygens (including phenoxy) is 1. The highest BCUT2D eigenvalue weighted by Gasteiger charge is 2.39. The number of anilines is 3. The van der Waals surface area contributed by atoms with Crippen molar-refractivity contribution < 1.29 is 27.5 Å². The molecule has 1 aliphatic heterocycles. The molecule has 2 heterocycles. The largest absolute Gasteiger partial charge is 0.462 e. The Morgan fingerprint density at radius 1 is 1.03 bits per heavy atom. The third-order valence-corrected chi connectivity index (χ3v) is 6.56. The van der Waals surface area contributed by atoms with Crippen LogP contribution in [-0.2, 0) is 24.3 Å². The molecule has 0 spiro atoms. The van der Waals surface area contributed by atoms with Gasteiger partial charge < -0.3 is 10.1 Å². The molecule has 0 saturated carbocycles. The highest BCUT2D eigenvalue weighted by molar-refractivity contribution is 7.92. The summed E-state index contributed by atoms with van der Waals surface area (Å²) in [5, 5.41) is 2.40. The summed E-state index contributed by atoms with van der Waals surface area (Å²) in [6.45, 7) is 1.83. The molecule has 13 heteroatoms. The second-order valence-electron chi connectivity index (χ2n) is 7.23. The summed E-state index contributed by atoms with van der Waals surface area (Å²) < 4.78 is 32.3. The summed E-state index contributed by atoms with van der Waals surface area (Å²) in [6.07, 6.45) is 2.79. The van der Waals surface area contributed by atoms with Gasteiger partial charge in [-0.2, -0.15) is 0 Å². The number of nitrogens with zero attached hydrogens (tertiary/aromatic N) is 3. The number of aromatic nitrogens is 2. The van der Waals surface area contributed by atoms with Gasteiger partial charge in [-0.15, -0.1) is 0 Å². The molecule has 0 saturated heterocycles. The Balaban J connectivity index is 1.52. The number of nitrogens with one attached hydrogen (secondary N) is 2. The lowest BCUT2D eigenvalue weighted by molar-refractivity contribution is -0.120. The second-order valence-corrected chi connectivity index (χ2v) is 9.29. The lowest BCUT2D eigenvalue weighted by Gasteiger charge is -2.16. The third-order valence-electron chi connectivity index (χ3n) is 4.87. The van der Waals surface area contributed by atoms with Gasteiger partial charge in [-0.1, -0.05) is 17.7 Å². The molecule has 0 radical (unpaired) electrons. The normalized spacial score (nSPS) is 13.7. The van der Waals surface area contributed by atoms with Crippen molar-refractivity contribution in [2.75, 3.05) is 21.5 Å². The number of esters is 1. The van der Waals surface area contributed by atoms with Crippen molar-refractivity contribution in [3.63, 3.8) is 0 Å². The van der Waals surface area contributed by atoms with Crippen molar-refractivity contribution in [1.82, 2.24) is 9.97 Å². The van der Waals surface area contributed by atoms with Gasteiger partial charge in [0, 0.05) is 18.1 Å². The molecule has 1 aliphatic rings. The van der Waals surface area contributed by atoms with Gasteiger partial charge in [0.1, 0.15) is 10.7 Å². The van der Waals surface area contributed by atoms with Crippen molar-refractivity contribution in [3.8, 4) is 0 Å². The Labute approximate surface area is 210 Å². The summed E-state index contributed by atoms with van der Waals surface area (Å²) >= 11 is 6.16. The molecule has 0 atom stereocenters. The van der Waals surface area contributed by atoms with Crippen LogP contribution in [0.4, 0.5) is 17.3 Å². The van der Waals surface area contributed by atoms with Gasteiger partial charge in [0.25, 0.3) is 21.8 Å². The molecule has 2 aromatic carbocycles. The van der Waals surface area contributed by atoms with Crippen LogP contribution in [0.2, 0.25) is 0 Å². The minimum Gasteiger partial charge on any atom is -0.462 e. The lowest BCUT2D eigenvalue weighted by atomic mass is 10.2. The molecule has 0 aliphatic carbocycles. The van der Waals surface area contributed by atoms with Crippen molar-refractivity contribution in [1.29, 1.82) is 0 Å². The van der Waals surface area contributed by atoms with Crippen LogP contribution in [0.15, 0.2) is 82.6 Å². The van der Waals surface area contributed by atoms with Gasteiger partial charge >= 0.3 is 5.97 Å². The van der Waals surface area contributed by atoms with E-state index < -0.39 is 27.8 Å². The third kappa shape index (κ3) is 5.04. The van der Waals surface area contributed by atoms with Gasteiger partial charge in [0.2, 0.25) is 5.95 Å². The Kier molecular flexibility index (Phi) is 6.99. The lowest BCUT2D eigenvalue weighted by Crippen LogP contribution is -2.32. The molecule has 36 heavy (non-hydrogen) atoms. The van der Waals surface area contributed by atoms with Crippen LogP contribution in [0.5, 0.6) is 0 Å². The smallest absolute Gasteiger partial charge is 0.338 e. The molecule has 1 aromatic heterocycles. The topological polar surface area (TPSA) is 148 Å². The van der Waals surface area contributed by atoms with E-state index in [2.05, 4.69) is 20.0 Å². The van der Waals surface area contributed by atoms with Crippen molar-refractivity contribution in [3.05, 3.63) is 83.3 Å². The second kappa shape index (κ2) is 10.1. The minimum atomic E-state index is -3.96. The number of halogens is 1. The first kappa shape index (κ1) is 24.8. The molecular weight excluding hydrogens is 510 g/mol. The van der Waals surface area contributed by atoms with E-state index in [0.29, 0.717) is 5.69 Å². The maximum absolute atomic E-state index is 13.0. The maximum atomic E-state index is 13.0. The van der Waals surface area contributed by atoms with E-state index in [1.807, 2.05) is 0 Å². The summed E-state index contributed by atoms with van der Waals surface area (Å²) in [7, 11) is -3.96. The van der Waals surface area contributed by atoms with Crippen molar-refractivity contribution in [2.24, 2.45) is 0 Å². The van der Waals surface area contributed by atoms with E-state index in [9.17, 15) is 22.8 Å². The van der Waals surface area contributed by atoms with E-state index in [4.69, 9.17) is 16.3 Å². The van der Waals surface area contributed by atoms with Gasteiger partial charge in [-0.05, 0) is 55.5 Å². The van der Waals surface area contributed by atoms with Crippen LogP contribution in [0.1, 0.15) is 17.3 Å². The molecule has 184 valence electrons. The van der Waals surface area contributed by atoms with Crippen molar-refractivity contribution >= 4 is 56.7 Å². The highest BCUT2D eigenvalue weighted by atomic mass is 35.5. The molecule has 4 rings (SSSR count). The summed E-state index contributed by atoms with van der Waals surface area (Å²) in [5.74, 6) is -2.21. The highest BCUT2D eigenvalue weighted by Crippen LogP contribution is 2.31. The van der Waals surface area contributed by atoms with Crippen LogP contribution in [0.3, 0.4) is 0 Å². The molecule has 2 N–H and O–H groups in total. The molecular formula is C23H18ClN5O6S.